The van der Waals surface area contributed by atoms with Gasteiger partial charge >= 0.3 is 0 Å². The summed E-state index contributed by atoms with van der Waals surface area (Å²) in [6, 6.07) is 0.0943. The quantitative estimate of drug-likeness (QED) is 0.801. The first-order valence-corrected chi connectivity index (χ1v) is 6.26. The molecule has 2 aliphatic rings. The van der Waals surface area contributed by atoms with Gasteiger partial charge in [0.15, 0.2) is 0 Å². The number of rotatable bonds is 2. The maximum atomic E-state index is 12.2. The highest BCUT2D eigenvalue weighted by atomic mass is 16.2. The molecule has 1 aliphatic carbocycles. The van der Waals surface area contributed by atoms with E-state index in [-0.39, 0.29) is 12.0 Å². The third-order valence-electron chi connectivity index (χ3n) is 3.61. The fourth-order valence-corrected chi connectivity index (χ4v) is 2.46. The van der Waals surface area contributed by atoms with E-state index in [1.807, 2.05) is 22.7 Å². The number of aromatic nitrogens is 2. The molecule has 17 heavy (non-hydrogen) atoms. The molecule has 0 spiro atoms. The van der Waals surface area contributed by atoms with E-state index in [1.165, 1.54) is 0 Å². The maximum Gasteiger partial charge on any atom is 0.226 e. The van der Waals surface area contributed by atoms with Crippen LogP contribution in [0.25, 0.3) is 0 Å². The predicted molar refractivity (Wildman–Crippen MR) is 63.3 cm³/mol. The smallest absolute Gasteiger partial charge is 0.226 e. The first-order valence-electron chi connectivity index (χ1n) is 6.26. The molecule has 1 amide bonds. The molecule has 3 rings (SSSR count). The summed E-state index contributed by atoms with van der Waals surface area (Å²) < 4.78 is 2.00. The molecule has 1 saturated heterocycles. The Balaban J connectivity index is 1.84. The SMILES string of the molecule is Cn1ccnc1C1CNCCN1C(=O)C1CC1. The Morgan fingerprint density at radius 3 is 3.00 bits per heavy atom. The predicted octanol–water partition coefficient (Wildman–Crippen LogP) is 0.303. The van der Waals surface area contributed by atoms with Crippen LogP contribution in [0.3, 0.4) is 0 Å². The summed E-state index contributed by atoms with van der Waals surface area (Å²) in [6.07, 6.45) is 5.86. The van der Waals surface area contributed by atoms with Gasteiger partial charge in [0, 0.05) is 45.0 Å². The average molecular weight is 234 g/mol. The molecule has 1 atom stereocenters. The molecule has 92 valence electrons. The Hall–Kier alpha value is -1.36. The lowest BCUT2D eigenvalue weighted by molar-refractivity contribution is -0.136. The van der Waals surface area contributed by atoms with E-state index in [0.717, 1.165) is 38.3 Å². The molecule has 2 fully saturated rings. The Kier molecular flexibility index (Phi) is 2.63. The lowest BCUT2D eigenvalue weighted by Gasteiger charge is -2.35. The van der Waals surface area contributed by atoms with E-state index in [2.05, 4.69) is 10.3 Å². The van der Waals surface area contributed by atoms with Gasteiger partial charge in [-0.3, -0.25) is 4.79 Å². The fourth-order valence-electron chi connectivity index (χ4n) is 2.46. The number of carbonyl (C=O) groups is 1. The van der Waals surface area contributed by atoms with E-state index >= 15 is 0 Å². The first kappa shape index (κ1) is 10.8. The normalized spacial score (nSPS) is 25.0. The monoisotopic (exact) mass is 234 g/mol. The Morgan fingerprint density at radius 2 is 2.35 bits per heavy atom. The van der Waals surface area contributed by atoms with Crippen LogP contribution < -0.4 is 5.32 Å². The van der Waals surface area contributed by atoms with Crippen molar-refractivity contribution >= 4 is 5.91 Å². The van der Waals surface area contributed by atoms with Crippen molar-refractivity contribution in [3.63, 3.8) is 0 Å². The van der Waals surface area contributed by atoms with E-state index in [0.29, 0.717) is 5.91 Å². The second-order valence-electron chi connectivity index (χ2n) is 4.92. The Morgan fingerprint density at radius 1 is 1.53 bits per heavy atom. The maximum absolute atomic E-state index is 12.2. The van der Waals surface area contributed by atoms with Crippen LogP contribution in [0.4, 0.5) is 0 Å². The molecule has 1 aromatic rings. The van der Waals surface area contributed by atoms with Crippen LogP contribution in [-0.4, -0.2) is 40.0 Å². The van der Waals surface area contributed by atoms with Gasteiger partial charge in [0.25, 0.3) is 0 Å². The summed E-state index contributed by atoms with van der Waals surface area (Å²) in [7, 11) is 1.98. The van der Waals surface area contributed by atoms with Gasteiger partial charge in [-0.2, -0.15) is 0 Å². The van der Waals surface area contributed by atoms with Crippen molar-refractivity contribution in [2.45, 2.75) is 18.9 Å². The summed E-state index contributed by atoms with van der Waals surface area (Å²) in [5.74, 6) is 1.58. The molecular formula is C12H18N4O. The van der Waals surface area contributed by atoms with Gasteiger partial charge in [0.05, 0.1) is 0 Å². The van der Waals surface area contributed by atoms with Crippen molar-refractivity contribution in [3.8, 4) is 0 Å². The number of amides is 1. The van der Waals surface area contributed by atoms with E-state index < -0.39 is 0 Å². The van der Waals surface area contributed by atoms with Crippen molar-refractivity contribution in [3.05, 3.63) is 18.2 Å². The molecule has 1 saturated carbocycles. The fraction of sp³-hybridized carbons (Fsp3) is 0.667. The third-order valence-corrected chi connectivity index (χ3v) is 3.61. The number of nitrogens with zero attached hydrogens (tertiary/aromatic N) is 3. The summed E-state index contributed by atoms with van der Waals surface area (Å²) >= 11 is 0. The van der Waals surface area contributed by atoms with Crippen LogP contribution >= 0.6 is 0 Å². The minimum atomic E-state index is 0.0943. The van der Waals surface area contributed by atoms with Crippen molar-refractivity contribution in [1.82, 2.24) is 19.8 Å². The van der Waals surface area contributed by atoms with Crippen LogP contribution in [0.15, 0.2) is 12.4 Å². The molecule has 1 aromatic heterocycles. The highest BCUT2D eigenvalue weighted by Crippen LogP contribution is 2.34. The van der Waals surface area contributed by atoms with Gasteiger partial charge in [-0.05, 0) is 12.8 Å². The number of hydrogen-bond donors (Lipinski definition) is 1. The van der Waals surface area contributed by atoms with Crippen molar-refractivity contribution in [2.75, 3.05) is 19.6 Å². The number of aryl methyl sites for hydroxylation is 1. The standard InChI is InChI=1S/C12H18N4O/c1-15-6-5-14-11(15)10-8-13-4-7-16(10)12(17)9-2-3-9/h5-6,9-10,13H,2-4,7-8H2,1H3. The molecule has 5 heteroatoms. The Labute approximate surface area is 101 Å². The van der Waals surface area contributed by atoms with Crippen molar-refractivity contribution < 1.29 is 4.79 Å². The van der Waals surface area contributed by atoms with Crippen LogP contribution in [-0.2, 0) is 11.8 Å². The minimum Gasteiger partial charge on any atom is -0.336 e. The van der Waals surface area contributed by atoms with Crippen LogP contribution in [0.2, 0.25) is 0 Å². The number of imidazole rings is 1. The second-order valence-corrected chi connectivity index (χ2v) is 4.92. The van der Waals surface area contributed by atoms with E-state index in [9.17, 15) is 4.79 Å². The van der Waals surface area contributed by atoms with Gasteiger partial charge < -0.3 is 14.8 Å². The first-order chi connectivity index (χ1) is 8.27. The average Bonchev–Trinajstić information content (AvgIpc) is 3.11. The lowest BCUT2D eigenvalue weighted by atomic mass is 10.1. The second kappa shape index (κ2) is 4.14. The van der Waals surface area contributed by atoms with Crippen molar-refractivity contribution in [1.29, 1.82) is 0 Å². The number of hydrogen-bond acceptors (Lipinski definition) is 3. The zero-order chi connectivity index (χ0) is 11.8. The van der Waals surface area contributed by atoms with Crippen LogP contribution in [0.1, 0.15) is 24.7 Å². The Bertz CT molecular complexity index is 424. The van der Waals surface area contributed by atoms with Gasteiger partial charge in [-0.1, -0.05) is 0 Å². The van der Waals surface area contributed by atoms with E-state index in [4.69, 9.17) is 0 Å². The van der Waals surface area contributed by atoms with Crippen LogP contribution in [0.5, 0.6) is 0 Å². The zero-order valence-electron chi connectivity index (χ0n) is 10.1. The summed E-state index contributed by atoms with van der Waals surface area (Å²) in [5, 5.41) is 3.35. The summed E-state index contributed by atoms with van der Waals surface area (Å²) in [4.78, 5) is 18.6. The molecule has 1 aliphatic heterocycles. The molecule has 0 aromatic carbocycles. The number of carbonyl (C=O) groups excluding carboxylic acids is 1. The van der Waals surface area contributed by atoms with Crippen molar-refractivity contribution in [2.24, 2.45) is 13.0 Å². The van der Waals surface area contributed by atoms with Crippen LogP contribution in [0, 0.1) is 5.92 Å². The summed E-state index contributed by atoms with van der Waals surface area (Å²) in [5.41, 5.74) is 0. The van der Waals surface area contributed by atoms with Gasteiger partial charge in [-0.25, -0.2) is 4.98 Å². The third kappa shape index (κ3) is 1.95. The molecule has 0 bridgehead atoms. The highest BCUT2D eigenvalue weighted by Gasteiger charge is 2.38. The lowest BCUT2D eigenvalue weighted by Crippen LogP contribution is -2.49. The molecule has 1 unspecified atom stereocenters. The van der Waals surface area contributed by atoms with Gasteiger partial charge in [-0.15, -0.1) is 0 Å². The molecule has 1 N–H and O–H groups in total. The molecular weight excluding hydrogens is 216 g/mol. The number of nitrogens with one attached hydrogen (secondary N) is 1. The van der Waals surface area contributed by atoms with E-state index in [1.54, 1.807) is 6.20 Å². The molecule has 2 heterocycles. The number of piperazine rings is 1. The van der Waals surface area contributed by atoms with Gasteiger partial charge in [0.1, 0.15) is 11.9 Å². The largest absolute Gasteiger partial charge is 0.336 e. The summed E-state index contributed by atoms with van der Waals surface area (Å²) in [6.45, 7) is 2.50. The highest BCUT2D eigenvalue weighted by molar-refractivity contribution is 5.81. The topological polar surface area (TPSA) is 50.2 Å². The van der Waals surface area contributed by atoms with Gasteiger partial charge in [0.2, 0.25) is 5.91 Å². The minimum absolute atomic E-state index is 0.0943. The molecule has 5 nitrogen and oxygen atoms in total. The zero-order valence-corrected chi connectivity index (χ0v) is 10.1. The molecule has 0 radical (unpaired) electrons.